The number of furan rings is 1. The number of ether oxygens (including phenoxy) is 3. The van der Waals surface area contributed by atoms with Gasteiger partial charge in [0, 0.05) is 37.6 Å². The number of nitrogens with zero attached hydrogens (tertiary/aromatic N) is 1. The van der Waals surface area contributed by atoms with E-state index in [1.165, 1.54) is 23.3 Å². The quantitative estimate of drug-likeness (QED) is 0.517. The van der Waals surface area contributed by atoms with Crippen molar-refractivity contribution >= 4 is 0 Å². The number of hydrogen-bond donors (Lipinski definition) is 0. The average Bonchev–Trinajstić information content (AvgIpc) is 3.49. The molecule has 1 aliphatic carbocycles. The maximum atomic E-state index is 6.28. The highest BCUT2D eigenvalue weighted by molar-refractivity contribution is 5.32. The number of rotatable bonds is 9. The summed E-state index contributed by atoms with van der Waals surface area (Å²) in [6, 6.07) is 14.8. The second-order valence-electron chi connectivity index (χ2n) is 8.74. The van der Waals surface area contributed by atoms with Gasteiger partial charge in [-0.15, -0.1) is 0 Å². The molecule has 2 heterocycles. The van der Waals surface area contributed by atoms with E-state index in [0.717, 1.165) is 37.5 Å². The third kappa shape index (κ3) is 5.11. The summed E-state index contributed by atoms with van der Waals surface area (Å²) in [4.78, 5) is 2.54. The predicted octanol–water partition coefficient (Wildman–Crippen LogP) is 5.52. The minimum absolute atomic E-state index is 0.0664. The molecular formula is C27H35NO4. The van der Waals surface area contributed by atoms with Crippen LogP contribution in [-0.4, -0.2) is 44.9 Å². The predicted molar refractivity (Wildman–Crippen MR) is 125 cm³/mol. The molecule has 172 valence electrons. The van der Waals surface area contributed by atoms with Crippen molar-refractivity contribution in [3.63, 3.8) is 0 Å². The Hall–Kier alpha value is -2.50. The molecule has 0 bridgehead atoms. The SMILES string of the molecule is COC[C@@H]1CCCN1C1=C(C)[C@H](COCc2ccccc2)[C@H](c2ccco2)C=C(OC)C1. The Kier molecular flexibility index (Phi) is 7.72. The van der Waals surface area contributed by atoms with E-state index in [-0.39, 0.29) is 11.8 Å². The van der Waals surface area contributed by atoms with Crippen molar-refractivity contribution in [1.82, 2.24) is 4.90 Å². The highest BCUT2D eigenvalue weighted by Crippen LogP contribution is 2.41. The van der Waals surface area contributed by atoms with Crippen LogP contribution in [-0.2, 0) is 20.8 Å². The first-order chi connectivity index (χ1) is 15.7. The summed E-state index contributed by atoms with van der Waals surface area (Å²) >= 11 is 0. The zero-order valence-electron chi connectivity index (χ0n) is 19.5. The van der Waals surface area contributed by atoms with Crippen molar-refractivity contribution in [2.24, 2.45) is 5.92 Å². The van der Waals surface area contributed by atoms with Crippen molar-refractivity contribution in [2.45, 2.75) is 44.8 Å². The Balaban J connectivity index is 1.65. The molecular weight excluding hydrogens is 402 g/mol. The maximum absolute atomic E-state index is 6.28. The molecule has 1 aromatic carbocycles. The summed E-state index contributed by atoms with van der Waals surface area (Å²) in [6.45, 7) is 5.28. The minimum atomic E-state index is 0.0664. The van der Waals surface area contributed by atoms with Crippen LogP contribution in [0.2, 0.25) is 0 Å². The largest absolute Gasteiger partial charge is 0.501 e. The van der Waals surface area contributed by atoms with Gasteiger partial charge >= 0.3 is 0 Å². The van der Waals surface area contributed by atoms with Gasteiger partial charge in [0.25, 0.3) is 0 Å². The first kappa shape index (κ1) is 22.7. The van der Waals surface area contributed by atoms with E-state index >= 15 is 0 Å². The van der Waals surface area contributed by atoms with E-state index < -0.39 is 0 Å². The van der Waals surface area contributed by atoms with E-state index in [0.29, 0.717) is 19.3 Å². The fourth-order valence-electron chi connectivity index (χ4n) is 5.06. The Morgan fingerprint density at radius 2 is 1.91 bits per heavy atom. The lowest BCUT2D eigenvalue weighted by Gasteiger charge is -2.32. The van der Waals surface area contributed by atoms with Gasteiger partial charge in [-0.1, -0.05) is 30.3 Å². The fraction of sp³-hybridized carbons (Fsp3) is 0.481. The Bertz CT molecular complexity index is 903. The van der Waals surface area contributed by atoms with Crippen molar-refractivity contribution in [1.29, 1.82) is 0 Å². The molecule has 5 heteroatoms. The molecule has 3 atom stereocenters. The third-order valence-corrected chi connectivity index (χ3v) is 6.78. The molecule has 0 amide bonds. The van der Waals surface area contributed by atoms with Crippen LogP contribution in [0.25, 0.3) is 0 Å². The van der Waals surface area contributed by atoms with Gasteiger partial charge < -0.3 is 23.5 Å². The molecule has 2 aromatic rings. The molecule has 0 unspecified atom stereocenters. The van der Waals surface area contributed by atoms with E-state index in [1.54, 1.807) is 20.5 Å². The lowest BCUT2D eigenvalue weighted by Crippen LogP contribution is -2.34. The second kappa shape index (κ2) is 10.9. The lowest BCUT2D eigenvalue weighted by molar-refractivity contribution is 0.0889. The van der Waals surface area contributed by atoms with Crippen LogP contribution in [0.15, 0.2) is 76.3 Å². The van der Waals surface area contributed by atoms with Crippen molar-refractivity contribution in [3.05, 3.63) is 83.2 Å². The first-order valence-corrected chi connectivity index (χ1v) is 11.6. The first-order valence-electron chi connectivity index (χ1n) is 11.6. The highest BCUT2D eigenvalue weighted by Gasteiger charge is 2.35. The van der Waals surface area contributed by atoms with Crippen molar-refractivity contribution < 1.29 is 18.6 Å². The van der Waals surface area contributed by atoms with Gasteiger partial charge in [0.2, 0.25) is 0 Å². The number of allylic oxidation sites excluding steroid dienone is 1. The average molecular weight is 438 g/mol. The Morgan fingerprint density at radius 1 is 1.06 bits per heavy atom. The van der Waals surface area contributed by atoms with E-state index in [1.807, 2.05) is 12.1 Å². The van der Waals surface area contributed by atoms with Crippen LogP contribution in [0.4, 0.5) is 0 Å². The zero-order valence-corrected chi connectivity index (χ0v) is 19.5. The Morgan fingerprint density at radius 3 is 2.62 bits per heavy atom. The van der Waals surface area contributed by atoms with Crippen LogP contribution in [0.1, 0.15) is 43.4 Å². The van der Waals surface area contributed by atoms with Gasteiger partial charge in [0.15, 0.2) is 0 Å². The van der Waals surface area contributed by atoms with Crippen LogP contribution >= 0.6 is 0 Å². The molecule has 0 spiro atoms. The van der Waals surface area contributed by atoms with E-state index in [9.17, 15) is 0 Å². The molecule has 1 fully saturated rings. The summed E-state index contributed by atoms with van der Waals surface area (Å²) in [5, 5.41) is 0. The molecule has 0 N–H and O–H groups in total. The molecule has 2 aliphatic rings. The molecule has 0 saturated carbocycles. The van der Waals surface area contributed by atoms with E-state index in [4.69, 9.17) is 18.6 Å². The normalized spacial score (nSPS) is 23.9. The topological polar surface area (TPSA) is 44.1 Å². The third-order valence-electron chi connectivity index (χ3n) is 6.78. The van der Waals surface area contributed by atoms with Crippen LogP contribution in [0, 0.1) is 5.92 Å². The lowest BCUT2D eigenvalue weighted by atomic mass is 9.85. The minimum Gasteiger partial charge on any atom is -0.501 e. The highest BCUT2D eigenvalue weighted by atomic mass is 16.5. The van der Waals surface area contributed by atoms with Crippen molar-refractivity contribution in [2.75, 3.05) is 34.0 Å². The maximum Gasteiger partial charge on any atom is 0.111 e. The zero-order chi connectivity index (χ0) is 22.3. The van der Waals surface area contributed by atoms with Crippen LogP contribution in [0.3, 0.4) is 0 Å². The smallest absolute Gasteiger partial charge is 0.111 e. The van der Waals surface area contributed by atoms with Gasteiger partial charge in [-0.2, -0.15) is 0 Å². The molecule has 5 nitrogen and oxygen atoms in total. The molecule has 0 radical (unpaired) electrons. The van der Waals surface area contributed by atoms with Crippen LogP contribution in [0.5, 0.6) is 0 Å². The van der Waals surface area contributed by atoms with Gasteiger partial charge in [-0.3, -0.25) is 0 Å². The van der Waals surface area contributed by atoms with Crippen LogP contribution < -0.4 is 0 Å². The molecule has 1 saturated heterocycles. The summed E-state index contributed by atoms with van der Waals surface area (Å²) in [7, 11) is 3.55. The standard InChI is InChI=1S/C27H35NO4/c1-20-25(19-31-17-21-9-5-4-6-10-21)24(27-12-8-14-32-27)15-23(30-3)16-26(20)28-13-7-11-22(28)18-29-2/h4-6,8-10,12,14-15,22,24-25H,7,11,13,16-19H2,1-3H3/t22-,24+,25-/m0/s1. The molecule has 1 aliphatic heterocycles. The summed E-state index contributed by atoms with van der Waals surface area (Å²) < 4.78 is 23.5. The monoisotopic (exact) mass is 437 g/mol. The Labute approximate surface area is 191 Å². The number of hydrogen-bond acceptors (Lipinski definition) is 5. The number of likely N-dealkylation sites (tertiary alicyclic amines) is 1. The van der Waals surface area contributed by atoms with Gasteiger partial charge in [0.05, 0.1) is 45.0 Å². The summed E-state index contributed by atoms with van der Waals surface area (Å²) in [6.07, 6.45) is 7.11. The number of benzene rings is 1. The number of methoxy groups -OCH3 is 2. The van der Waals surface area contributed by atoms with Gasteiger partial charge in [-0.05, 0) is 49.1 Å². The summed E-state index contributed by atoms with van der Waals surface area (Å²) in [5.74, 6) is 2.16. The second-order valence-corrected chi connectivity index (χ2v) is 8.74. The van der Waals surface area contributed by atoms with E-state index in [2.05, 4.69) is 48.2 Å². The fourth-order valence-corrected chi connectivity index (χ4v) is 5.06. The molecule has 32 heavy (non-hydrogen) atoms. The van der Waals surface area contributed by atoms with Crippen molar-refractivity contribution in [3.8, 4) is 0 Å². The van der Waals surface area contributed by atoms with Gasteiger partial charge in [0.1, 0.15) is 5.76 Å². The van der Waals surface area contributed by atoms with Gasteiger partial charge in [-0.25, -0.2) is 0 Å². The molecule has 1 aromatic heterocycles. The summed E-state index contributed by atoms with van der Waals surface area (Å²) in [5.41, 5.74) is 3.89. The molecule has 4 rings (SSSR count).